The van der Waals surface area contributed by atoms with Gasteiger partial charge in [0.1, 0.15) is 6.10 Å². The quantitative estimate of drug-likeness (QED) is 0.834. The summed E-state index contributed by atoms with van der Waals surface area (Å²) in [5, 5.41) is 3.31. The van der Waals surface area contributed by atoms with Crippen LogP contribution in [-0.2, 0) is 17.7 Å². The Morgan fingerprint density at radius 3 is 2.78 bits per heavy atom. The number of carbonyl (C=O) groups is 1. The summed E-state index contributed by atoms with van der Waals surface area (Å²) in [6.07, 6.45) is 0.985. The Morgan fingerprint density at radius 1 is 1.28 bits per heavy atom. The van der Waals surface area contributed by atoms with Crippen LogP contribution in [0.15, 0.2) is 18.2 Å². The summed E-state index contributed by atoms with van der Waals surface area (Å²) in [4.78, 5) is 12.0. The Kier molecular flexibility index (Phi) is 4.02. The van der Waals surface area contributed by atoms with E-state index >= 15 is 0 Å². The summed E-state index contributed by atoms with van der Waals surface area (Å²) in [6, 6.07) is 5.88. The highest BCUT2D eigenvalue weighted by molar-refractivity contribution is 5.89. The van der Waals surface area contributed by atoms with Gasteiger partial charge in [-0.25, -0.2) is 4.79 Å². The van der Waals surface area contributed by atoms with E-state index in [1.807, 2.05) is 25.1 Å². The number of ether oxygens (including phenoxy) is 1. The summed E-state index contributed by atoms with van der Waals surface area (Å²) < 4.78 is 5.43. The van der Waals surface area contributed by atoms with Gasteiger partial charge in [0.15, 0.2) is 0 Å². The zero-order chi connectivity index (χ0) is 13.1. The highest BCUT2D eigenvalue weighted by Gasteiger charge is 2.17. The zero-order valence-corrected chi connectivity index (χ0v) is 11.3. The van der Waals surface area contributed by atoms with Crippen LogP contribution in [0.5, 0.6) is 0 Å². The van der Waals surface area contributed by atoms with Gasteiger partial charge in [0.2, 0.25) is 0 Å². The third kappa shape index (κ3) is 2.91. The van der Waals surface area contributed by atoms with Gasteiger partial charge < -0.3 is 10.1 Å². The van der Waals surface area contributed by atoms with Gasteiger partial charge in [-0.3, -0.25) is 0 Å². The number of carbonyl (C=O) groups excluding carboxylic acids is 1. The van der Waals surface area contributed by atoms with E-state index in [0.29, 0.717) is 11.5 Å². The minimum Gasteiger partial charge on any atom is -0.459 e. The number of rotatable bonds is 3. The van der Waals surface area contributed by atoms with Crippen molar-refractivity contribution in [3.8, 4) is 0 Å². The third-order valence-electron chi connectivity index (χ3n) is 3.56. The Morgan fingerprint density at radius 2 is 2.06 bits per heavy atom. The lowest BCUT2D eigenvalue weighted by Gasteiger charge is -2.19. The lowest BCUT2D eigenvalue weighted by molar-refractivity contribution is 0.0238. The van der Waals surface area contributed by atoms with Gasteiger partial charge in [0.25, 0.3) is 0 Å². The molecule has 0 bridgehead atoms. The fourth-order valence-electron chi connectivity index (χ4n) is 1.98. The van der Waals surface area contributed by atoms with Gasteiger partial charge in [-0.05, 0) is 49.1 Å². The predicted octanol–water partition coefficient (Wildman–Crippen LogP) is 2.53. The highest BCUT2D eigenvalue weighted by Crippen LogP contribution is 2.17. The van der Waals surface area contributed by atoms with E-state index in [9.17, 15) is 4.79 Å². The zero-order valence-electron chi connectivity index (χ0n) is 11.3. The molecule has 1 aliphatic rings. The molecular weight excluding hydrogens is 226 g/mol. The second-order valence-electron chi connectivity index (χ2n) is 5.26. The summed E-state index contributed by atoms with van der Waals surface area (Å²) in [5.74, 6) is 0.123. The van der Waals surface area contributed by atoms with E-state index in [0.717, 1.165) is 19.5 Å². The summed E-state index contributed by atoms with van der Waals surface area (Å²) in [5.41, 5.74) is 3.21. The molecule has 1 atom stereocenters. The van der Waals surface area contributed by atoms with E-state index in [1.54, 1.807) is 0 Å². The lowest BCUT2D eigenvalue weighted by atomic mass is 9.98. The average molecular weight is 247 g/mol. The average Bonchev–Trinajstić information content (AvgIpc) is 2.37. The van der Waals surface area contributed by atoms with Crippen molar-refractivity contribution < 1.29 is 9.53 Å². The van der Waals surface area contributed by atoms with Crippen molar-refractivity contribution in [2.75, 3.05) is 6.54 Å². The molecule has 0 aromatic heterocycles. The van der Waals surface area contributed by atoms with Gasteiger partial charge in [-0.1, -0.05) is 19.9 Å². The van der Waals surface area contributed by atoms with Crippen LogP contribution >= 0.6 is 0 Å². The van der Waals surface area contributed by atoms with Gasteiger partial charge >= 0.3 is 5.97 Å². The van der Waals surface area contributed by atoms with Crippen molar-refractivity contribution in [3.05, 3.63) is 34.9 Å². The Labute approximate surface area is 109 Å². The van der Waals surface area contributed by atoms with Crippen LogP contribution in [0.1, 0.15) is 42.3 Å². The van der Waals surface area contributed by atoms with Crippen LogP contribution in [0.4, 0.5) is 0 Å². The van der Waals surface area contributed by atoms with Crippen LogP contribution in [0.25, 0.3) is 0 Å². The Balaban J connectivity index is 2.11. The molecule has 0 amide bonds. The topological polar surface area (TPSA) is 38.3 Å². The van der Waals surface area contributed by atoms with Crippen molar-refractivity contribution in [3.63, 3.8) is 0 Å². The van der Waals surface area contributed by atoms with Gasteiger partial charge in [-0.2, -0.15) is 0 Å². The standard InChI is InChI=1S/C15H21NO2/c1-10(2)11(3)18-15(17)13-5-4-12-6-7-16-9-14(12)8-13/h4-5,8,10-11,16H,6-7,9H2,1-3H3. The van der Waals surface area contributed by atoms with Crippen LogP contribution in [0.2, 0.25) is 0 Å². The molecule has 1 aromatic rings. The van der Waals surface area contributed by atoms with Gasteiger partial charge in [-0.15, -0.1) is 0 Å². The molecule has 3 heteroatoms. The van der Waals surface area contributed by atoms with Gasteiger partial charge in [0, 0.05) is 6.54 Å². The fourth-order valence-corrected chi connectivity index (χ4v) is 1.98. The minimum atomic E-state index is -0.218. The highest BCUT2D eigenvalue weighted by atomic mass is 16.5. The smallest absolute Gasteiger partial charge is 0.338 e. The molecule has 3 nitrogen and oxygen atoms in total. The molecule has 0 fully saturated rings. The molecule has 2 rings (SSSR count). The molecule has 18 heavy (non-hydrogen) atoms. The summed E-state index contributed by atoms with van der Waals surface area (Å²) in [7, 11) is 0. The molecule has 1 N–H and O–H groups in total. The van der Waals surface area contributed by atoms with Crippen LogP contribution < -0.4 is 5.32 Å². The maximum atomic E-state index is 12.0. The van der Waals surface area contributed by atoms with Crippen LogP contribution in [0, 0.1) is 5.92 Å². The monoisotopic (exact) mass is 247 g/mol. The number of benzene rings is 1. The molecule has 98 valence electrons. The summed E-state index contributed by atoms with van der Waals surface area (Å²) in [6.45, 7) is 7.89. The third-order valence-corrected chi connectivity index (χ3v) is 3.56. The van der Waals surface area contributed by atoms with Crippen molar-refractivity contribution in [2.24, 2.45) is 5.92 Å². The molecule has 0 saturated heterocycles. The molecule has 1 unspecified atom stereocenters. The largest absolute Gasteiger partial charge is 0.459 e. The second kappa shape index (κ2) is 5.53. The van der Waals surface area contributed by atoms with Crippen molar-refractivity contribution in [1.29, 1.82) is 0 Å². The second-order valence-corrected chi connectivity index (χ2v) is 5.26. The first-order chi connectivity index (χ1) is 8.58. The van der Waals surface area contributed by atoms with Crippen molar-refractivity contribution >= 4 is 5.97 Å². The molecule has 0 aliphatic carbocycles. The first kappa shape index (κ1) is 13.1. The van der Waals surface area contributed by atoms with E-state index in [-0.39, 0.29) is 12.1 Å². The molecule has 1 aliphatic heterocycles. The maximum Gasteiger partial charge on any atom is 0.338 e. The summed E-state index contributed by atoms with van der Waals surface area (Å²) >= 11 is 0. The number of hydrogen-bond donors (Lipinski definition) is 1. The number of fused-ring (bicyclic) bond motifs is 1. The molecular formula is C15H21NO2. The van der Waals surface area contributed by atoms with Crippen LogP contribution in [0.3, 0.4) is 0 Å². The SMILES string of the molecule is CC(C)C(C)OC(=O)c1ccc2c(c1)CNCC2. The molecule has 1 heterocycles. The van der Waals surface area contributed by atoms with E-state index < -0.39 is 0 Å². The first-order valence-corrected chi connectivity index (χ1v) is 6.61. The molecule has 0 radical (unpaired) electrons. The van der Waals surface area contributed by atoms with E-state index in [2.05, 4.69) is 19.2 Å². The fraction of sp³-hybridized carbons (Fsp3) is 0.533. The predicted molar refractivity (Wildman–Crippen MR) is 71.6 cm³/mol. The number of hydrogen-bond acceptors (Lipinski definition) is 3. The number of nitrogens with one attached hydrogen (secondary N) is 1. The maximum absolute atomic E-state index is 12.0. The van der Waals surface area contributed by atoms with Crippen molar-refractivity contribution in [2.45, 2.75) is 39.8 Å². The van der Waals surface area contributed by atoms with E-state index in [1.165, 1.54) is 11.1 Å². The number of esters is 1. The van der Waals surface area contributed by atoms with Crippen LogP contribution in [-0.4, -0.2) is 18.6 Å². The van der Waals surface area contributed by atoms with E-state index in [4.69, 9.17) is 4.74 Å². The van der Waals surface area contributed by atoms with Crippen molar-refractivity contribution in [1.82, 2.24) is 5.32 Å². The first-order valence-electron chi connectivity index (χ1n) is 6.61. The minimum absolute atomic E-state index is 0.0494. The molecule has 0 saturated carbocycles. The Bertz CT molecular complexity index is 440. The Hall–Kier alpha value is -1.35. The molecule has 1 aromatic carbocycles. The van der Waals surface area contributed by atoms with Gasteiger partial charge in [0.05, 0.1) is 5.56 Å². The lowest BCUT2D eigenvalue weighted by Crippen LogP contribution is -2.24. The molecule has 0 spiro atoms. The normalized spacial score (nSPS) is 16.2.